The quantitative estimate of drug-likeness (QED) is 0.717. The van der Waals surface area contributed by atoms with Crippen molar-refractivity contribution in [3.05, 3.63) is 70.2 Å². The number of aryl methyl sites for hydroxylation is 2. The molecular formula is C22H25FN2. The van der Waals surface area contributed by atoms with E-state index >= 15 is 0 Å². The van der Waals surface area contributed by atoms with E-state index in [-0.39, 0.29) is 5.82 Å². The molecule has 2 nitrogen and oxygen atoms in total. The van der Waals surface area contributed by atoms with Gasteiger partial charge in [0.1, 0.15) is 5.82 Å². The van der Waals surface area contributed by atoms with Gasteiger partial charge in [0.15, 0.2) is 0 Å². The van der Waals surface area contributed by atoms with Gasteiger partial charge in [-0.05, 0) is 85.7 Å². The number of H-pyrrole nitrogens is 1. The molecule has 0 bridgehead atoms. The van der Waals surface area contributed by atoms with Crippen molar-refractivity contribution in [1.82, 2.24) is 9.88 Å². The Hall–Kier alpha value is -2.13. The van der Waals surface area contributed by atoms with Crippen molar-refractivity contribution < 1.29 is 4.39 Å². The van der Waals surface area contributed by atoms with E-state index < -0.39 is 0 Å². The molecule has 2 aromatic carbocycles. The Balaban J connectivity index is 1.39. The second-order valence-electron chi connectivity index (χ2n) is 7.28. The third-order valence-electron chi connectivity index (χ3n) is 5.69. The molecule has 0 atom stereocenters. The van der Waals surface area contributed by atoms with Crippen molar-refractivity contribution in [2.75, 3.05) is 13.1 Å². The van der Waals surface area contributed by atoms with E-state index in [1.807, 2.05) is 12.3 Å². The van der Waals surface area contributed by atoms with E-state index in [0.29, 0.717) is 0 Å². The first-order valence-electron chi connectivity index (χ1n) is 9.17. The molecule has 0 radical (unpaired) electrons. The first-order valence-corrected chi connectivity index (χ1v) is 9.17. The second kappa shape index (κ2) is 6.64. The zero-order valence-corrected chi connectivity index (χ0v) is 15.0. The maximum absolute atomic E-state index is 13.5. The molecule has 130 valence electrons. The van der Waals surface area contributed by atoms with Gasteiger partial charge in [-0.3, -0.25) is 4.90 Å². The molecule has 3 aromatic rings. The van der Waals surface area contributed by atoms with Gasteiger partial charge in [0.05, 0.1) is 0 Å². The molecule has 1 aromatic heterocycles. The molecule has 1 N–H and O–H groups in total. The maximum atomic E-state index is 13.5. The van der Waals surface area contributed by atoms with Gasteiger partial charge >= 0.3 is 0 Å². The summed E-state index contributed by atoms with van der Waals surface area (Å²) in [6.07, 6.45) is 5.27. The van der Waals surface area contributed by atoms with Crippen LogP contribution in [0.4, 0.5) is 4.39 Å². The Morgan fingerprint density at radius 3 is 2.92 bits per heavy atom. The zero-order chi connectivity index (χ0) is 17.4. The van der Waals surface area contributed by atoms with Crippen molar-refractivity contribution in [3.8, 4) is 0 Å². The monoisotopic (exact) mass is 336 g/mol. The summed E-state index contributed by atoms with van der Waals surface area (Å²) in [6, 6.07) is 9.52. The number of rotatable bonds is 4. The highest BCUT2D eigenvalue weighted by molar-refractivity contribution is 5.83. The Morgan fingerprint density at radius 1 is 1.16 bits per heavy atom. The molecule has 0 aliphatic carbocycles. The number of hydrogen-bond acceptors (Lipinski definition) is 1. The van der Waals surface area contributed by atoms with E-state index in [4.69, 9.17) is 0 Å². The lowest BCUT2D eigenvalue weighted by Crippen LogP contribution is -2.32. The Bertz CT molecular complexity index is 910. The van der Waals surface area contributed by atoms with E-state index in [0.717, 1.165) is 49.8 Å². The molecule has 0 spiro atoms. The molecule has 1 aliphatic rings. The number of aromatic nitrogens is 1. The fourth-order valence-electron chi connectivity index (χ4n) is 4.06. The largest absolute Gasteiger partial charge is 0.361 e. The van der Waals surface area contributed by atoms with Gasteiger partial charge in [-0.1, -0.05) is 12.1 Å². The van der Waals surface area contributed by atoms with Gasteiger partial charge in [-0.15, -0.1) is 0 Å². The van der Waals surface area contributed by atoms with Gasteiger partial charge in [0.25, 0.3) is 0 Å². The smallest absolute Gasteiger partial charge is 0.123 e. The van der Waals surface area contributed by atoms with Crippen molar-refractivity contribution in [2.24, 2.45) is 0 Å². The molecule has 0 saturated carbocycles. The van der Waals surface area contributed by atoms with Crippen LogP contribution in [0.1, 0.15) is 34.2 Å². The molecule has 2 heterocycles. The first-order chi connectivity index (χ1) is 12.1. The second-order valence-corrected chi connectivity index (χ2v) is 7.28. The summed E-state index contributed by atoms with van der Waals surface area (Å²) >= 11 is 0. The lowest BCUT2D eigenvalue weighted by atomic mass is 9.92. The number of halogens is 1. The average molecular weight is 336 g/mol. The van der Waals surface area contributed by atoms with Crippen LogP contribution in [-0.2, 0) is 19.4 Å². The van der Waals surface area contributed by atoms with Gasteiger partial charge in [-0.25, -0.2) is 4.39 Å². The summed E-state index contributed by atoms with van der Waals surface area (Å²) in [5.41, 5.74) is 8.16. The van der Waals surface area contributed by atoms with E-state index in [2.05, 4.69) is 35.9 Å². The molecule has 0 saturated heterocycles. The topological polar surface area (TPSA) is 19.0 Å². The summed E-state index contributed by atoms with van der Waals surface area (Å²) < 4.78 is 13.5. The molecule has 3 heteroatoms. The fraction of sp³-hybridized carbons (Fsp3) is 0.364. The number of benzene rings is 2. The summed E-state index contributed by atoms with van der Waals surface area (Å²) in [7, 11) is 0. The summed E-state index contributed by atoms with van der Waals surface area (Å²) in [6.45, 7) is 7.74. The number of nitrogens with zero attached hydrogens (tertiary/aromatic N) is 1. The van der Waals surface area contributed by atoms with Crippen LogP contribution in [0, 0.1) is 19.7 Å². The number of hydrogen-bond donors (Lipinski definition) is 1. The van der Waals surface area contributed by atoms with Gasteiger partial charge < -0.3 is 4.98 Å². The van der Waals surface area contributed by atoms with Crippen molar-refractivity contribution >= 4 is 10.9 Å². The van der Waals surface area contributed by atoms with Crippen LogP contribution >= 0.6 is 0 Å². The van der Waals surface area contributed by atoms with Crippen LogP contribution in [0.2, 0.25) is 0 Å². The summed E-state index contributed by atoms with van der Waals surface area (Å²) in [5, 5.41) is 1.02. The average Bonchev–Trinajstić information content (AvgIpc) is 3.00. The molecule has 0 fully saturated rings. The highest BCUT2D eigenvalue weighted by atomic mass is 19.1. The van der Waals surface area contributed by atoms with Crippen LogP contribution in [0.5, 0.6) is 0 Å². The summed E-state index contributed by atoms with van der Waals surface area (Å²) in [5.74, 6) is -0.161. The predicted molar refractivity (Wildman–Crippen MR) is 101 cm³/mol. The highest BCUT2D eigenvalue weighted by Gasteiger charge is 2.18. The SMILES string of the molecule is Cc1ccc2c(c1C)CCN(CCCc1c[nH]c3ccc(F)cc13)C2. The van der Waals surface area contributed by atoms with Crippen molar-refractivity contribution in [3.63, 3.8) is 0 Å². The van der Waals surface area contributed by atoms with Crippen LogP contribution < -0.4 is 0 Å². The minimum absolute atomic E-state index is 0.161. The number of aromatic amines is 1. The lowest BCUT2D eigenvalue weighted by Gasteiger charge is -2.30. The molecule has 1 aliphatic heterocycles. The van der Waals surface area contributed by atoms with Crippen LogP contribution in [-0.4, -0.2) is 23.0 Å². The highest BCUT2D eigenvalue weighted by Crippen LogP contribution is 2.25. The van der Waals surface area contributed by atoms with Gasteiger partial charge in [0, 0.05) is 30.2 Å². The molecule has 0 amide bonds. The normalized spacial score (nSPS) is 14.8. The van der Waals surface area contributed by atoms with E-state index in [1.54, 1.807) is 11.6 Å². The number of fused-ring (bicyclic) bond motifs is 2. The predicted octanol–water partition coefficient (Wildman–Crippen LogP) is 4.91. The van der Waals surface area contributed by atoms with Gasteiger partial charge in [-0.2, -0.15) is 0 Å². The lowest BCUT2D eigenvalue weighted by molar-refractivity contribution is 0.251. The van der Waals surface area contributed by atoms with E-state index in [1.165, 1.54) is 28.3 Å². The minimum atomic E-state index is -0.161. The first kappa shape index (κ1) is 16.3. The maximum Gasteiger partial charge on any atom is 0.123 e. The third kappa shape index (κ3) is 3.21. The number of nitrogens with one attached hydrogen (secondary N) is 1. The Labute approximate surface area is 148 Å². The van der Waals surface area contributed by atoms with E-state index in [9.17, 15) is 4.39 Å². The van der Waals surface area contributed by atoms with Crippen LogP contribution in [0.3, 0.4) is 0 Å². The van der Waals surface area contributed by atoms with Crippen LogP contribution in [0.25, 0.3) is 10.9 Å². The molecule has 4 rings (SSSR count). The van der Waals surface area contributed by atoms with Crippen molar-refractivity contribution in [1.29, 1.82) is 0 Å². The summed E-state index contributed by atoms with van der Waals surface area (Å²) in [4.78, 5) is 5.80. The molecule has 0 unspecified atom stereocenters. The zero-order valence-electron chi connectivity index (χ0n) is 15.0. The van der Waals surface area contributed by atoms with Gasteiger partial charge in [0.2, 0.25) is 0 Å². The molecular weight excluding hydrogens is 311 g/mol. The van der Waals surface area contributed by atoms with Crippen LogP contribution in [0.15, 0.2) is 36.5 Å². The Morgan fingerprint density at radius 2 is 2.04 bits per heavy atom. The Kier molecular flexibility index (Phi) is 4.34. The third-order valence-corrected chi connectivity index (χ3v) is 5.69. The van der Waals surface area contributed by atoms with Crippen molar-refractivity contribution in [2.45, 2.75) is 39.7 Å². The standard InChI is InChI=1S/C22H25FN2/c1-15-5-6-18-14-25(11-9-20(18)16(15)2)10-3-4-17-13-24-22-8-7-19(23)12-21(17)22/h5-8,12-13,24H,3-4,9-11,14H2,1-2H3. The molecule has 25 heavy (non-hydrogen) atoms. The minimum Gasteiger partial charge on any atom is -0.361 e. The fourth-order valence-corrected chi connectivity index (χ4v) is 4.06.